The fourth-order valence-electron chi connectivity index (χ4n) is 3.73. The molecule has 0 fully saturated rings. The molecule has 3 aromatic carbocycles. The minimum atomic E-state index is -0.228. The highest BCUT2D eigenvalue weighted by Crippen LogP contribution is 2.20. The van der Waals surface area contributed by atoms with Gasteiger partial charge < -0.3 is 23.7 Å². The second-order valence-electron chi connectivity index (χ2n) is 8.22. The highest BCUT2D eigenvalue weighted by Gasteiger charge is 2.28. The molecule has 34 heavy (non-hydrogen) atoms. The van der Waals surface area contributed by atoms with Crippen LogP contribution in [0, 0.1) is 0 Å². The van der Waals surface area contributed by atoms with E-state index < -0.39 is 0 Å². The number of methoxy groups -OCH3 is 1. The van der Waals surface area contributed by atoms with Gasteiger partial charge in [0.25, 0.3) is 0 Å². The lowest BCUT2D eigenvalue weighted by Gasteiger charge is -2.24. The molecule has 0 radical (unpaired) electrons. The Kier molecular flexibility index (Phi) is 9.29. The third kappa shape index (κ3) is 7.54. The van der Waals surface area contributed by atoms with Crippen LogP contribution in [0.3, 0.4) is 0 Å². The molecule has 1 heterocycles. The van der Waals surface area contributed by atoms with Gasteiger partial charge in [0.05, 0.1) is 46.2 Å². The van der Waals surface area contributed by atoms with E-state index >= 15 is 0 Å². The maximum absolute atomic E-state index is 6.25. The molecule has 0 saturated heterocycles. The smallest absolute Gasteiger partial charge is 0.118 e. The quantitative estimate of drug-likeness (QED) is 0.322. The van der Waals surface area contributed by atoms with E-state index in [2.05, 4.69) is 36.4 Å². The average Bonchev–Trinajstić information content (AvgIpc) is 3.36. The van der Waals surface area contributed by atoms with Crippen LogP contribution in [0.2, 0.25) is 0 Å². The second kappa shape index (κ2) is 13.1. The Morgan fingerprint density at radius 1 is 0.706 bits per heavy atom. The van der Waals surface area contributed by atoms with Gasteiger partial charge in [-0.25, -0.2) is 0 Å². The third-order valence-electron chi connectivity index (χ3n) is 5.62. The Morgan fingerprint density at radius 3 is 2.00 bits per heavy atom. The Bertz CT molecular complexity index is 988. The van der Waals surface area contributed by atoms with Crippen molar-refractivity contribution in [2.45, 2.75) is 38.1 Å². The van der Waals surface area contributed by atoms with Crippen LogP contribution in [0.25, 0.3) is 0 Å². The van der Waals surface area contributed by atoms with Gasteiger partial charge in [0, 0.05) is 0 Å². The molecule has 1 aliphatic heterocycles. The van der Waals surface area contributed by atoms with E-state index in [1.54, 1.807) is 7.11 Å². The van der Waals surface area contributed by atoms with Crippen LogP contribution in [-0.4, -0.2) is 38.6 Å². The summed E-state index contributed by atoms with van der Waals surface area (Å²) < 4.78 is 29.6. The van der Waals surface area contributed by atoms with Gasteiger partial charge in [0.15, 0.2) is 0 Å². The van der Waals surface area contributed by atoms with Crippen molar-refractivity contribution < 1.29 is 23.7 Å². The van der Waals surface area contributed by atoms with Crippen molar-refractivity contribution in [1.82, 2.24) is 0 Å². The van der Waals surface area contributed by atoms with Crippen LogP contribution >= 0.6 is 0 Å². The first kappa shape index (κ1) is 24.2. The summed E-state index contributed by atoms with van der Waals surface area (Å²) in [7, 11) is 1.66. The fourth-order valence-corrected chi connectivity index (χ4v) is 3.73. The highest BCUT2D eigenvalue weighted by molar-refractivity contribution is 5.26. The van der Waals surface area contributed by atoms with E-state index in [4.69, 9.17) is 23.7 Å². The SMILES string of the molecule is COc1ccc(COC[C@@H](OCc2ccccc2)[C@H]2C=C[C@H](COCc3ccccc3)O2)cc1. The Labute approximate surface area is 201 Å². The van der Waals surface area contributed by atoms with Crippen molar-refractivity contribution in [2.24, 2.45) is 0 Å². The van der Waals surface area contributed by atoms with Crippen LogP contribution in [0.1, 0.15) is 16.7 Å². The summed E-state index contributed by atoms with van der Waals surface area (Å²) in [6, 6.07) is 28.2. The first-order valence-corrected chi connectivity index (χ1v) is 11.6. The van der Waals surface area contributed by atoms with Crippen molar-refractivity contribution in [2.75, 3.05) is 20.3 Å². The zero-order valence-electron chi connectivity index (χ0n) is 19.5. The minimum absolute atomic E-state index is 0.0990. The van der Waals surface area contributed by atoms with Gasteiger partial charge in [-0.15, -0.1) is 0 Å². The molecule has 0 spiro atoms. The minimum Gasteiger partial charge on any atom is -0.497 e. The zero-order valence-corrected chi connectivity index (χ0v) is 19.5. The normalized spacial score (nSPS) is 18.1. The maximum Gasteiger partial charge on any atom is 0.118 e. The molecule has 0 unspecified atom stereocenters. The lowest BCUT2D eigenvalue weighted by atomic mass is 10.2. The molecule has 0 aromatic heterocycles. The number of ether oxygens (including phenoxy) is 5. The average molecular weight is 461 g/mol. The molecule has 4 rings (SSSR count). The van der Waals surface area contributed by atoms with Gasteiger partial charge in [0.2, 0.25) is 0 Å². The van der Waals surface area contributed by atoms with Gasteiger partial charge in [0.1, 0.15) is 18.0 Å². The first-order chi connectivity index (χ1) is 16.8. The van der Waals surface area contributed by atoms with E-state index in [1.807, 2.05) is 60.7 Å². The molecule has 0 aliphatic carbocycles. The molecule has 1 aliphatic rings. The summed E-state index contributed by atoms with van der Waals surface area (Å²) >= 11 is 0. The van der Waals surface area contributed by atoms with Crippen molar-refractivity contribution >= 4 is 0 Å². The Morgan fingerprint density at radius 2 is 1.32 bits per heavy atom. The Hall–Kier alpha value is -2.96. The largest absolute Gasteiger partial charge is 0.497 e. The summed E-state index contributed by atoms with van der Waals surface area (Å²) in [4.78, 5) is 0. The van der Waals surface area contributed by atoms with E-state index in [0.29, 0.717) is 33.0 Å². The van der Waals surface area contributed by atoms with Crippen LogP contribution in [-0.2, 0) is 38.8 Å². The van der Waals surface area contributed by atoms with E-state index in [9.17, 15) is 0 Å². The first-order valence-electron chi connectivity index (χ1n) is 11.6. The number of rotatable bonds is 13. The van der Waals surface area contributed by atoms with Gasteiger partial charge in [-0.3, -0.25) is 0 Å². The number of hydrogen-bond acceptors (Lipinski definition) is 5. The molecule has 3 atom stereocenters. The van der Waals surface area contributed by atoms with E-state index in [1.165, 1.54) is 0 Å². The van der Waals surface area contributed by atoms with E-state index in [0.717, 1.165) is 22.4 Å². The summed E-state index contributed by atoms with van der Waals surface area (Å²) in [5.74, 6) is 0.831. The summed E-state index contributed by atoms with van der Waals surface area (Å²) in [6.45, 7) is 2.49. The molecular formula is C29H32O5. The van der Waals surface area contributed by atoms with Gasteiger partial charge in [-0.05, 0) is 28.8 Å². The molecule has 0 saturated carbocycles. The number of hydrogen-bond donors (Lipinski definition) is 0. The monoisotopic (exact) mass is 460 g/mol. The topological polar surface area (TPSA) is 46.2 Å². The molecular weight excluding hydrogens is 428 g/mol. The van der Waals surface area contributed by atoms with Crippen LogP contribution in [0.5, 0.6) is 5.75 Å². The van der Waals surface area contributed by atoms with Gasteiger partial charge in [-0.2, -0.15) is 0 Å². The number of benzene rings is 3. The molecule has 0 N–H and O–H groups in total. The molecule has 178 valence electrons. The molecule has 3 aromatic rings. The summed E-state index contributed by atoms with van der Waals surface area (Å²) in [5.41, 5.74) is 3.35. The predicted octanol–water partition coefficient (Wildman–Crippen LogP) is 5.34. The predicted molar refractivity (Wildman–Crippen MR) is 132 cm³/mol. The lowest BCUT2D eigenvalue weighted by Crippen LogP contribution is -2.34. The third-order valence-corrected chi connectivity index (χ3v) is 5.62. The highest BCUT2D eigenvalue weighted by atomic mass is 16.6. The van der Waals surface area contributed by atoms with Gasteiger partial charge in [-0.1, -0.05) is 84.9 Å². The standard InChI is InChI=1S/C29H32O5/c1-30-26-14-12-25(13-15-26)19-32-22-29(33-20-24-10-6-3-7-11-24)28-17-16-27(34-28)21-31-18-23-8-4-2-5-9-23/h2-17,27-29H,18-22H2,1H3/t27-,28-,29-/m1/s1. The summed E-state index contributed by atoms with van der Waals surface area (Å²) in [6.07, 6.45) is 3.60. The maximum atomic E-state index is 6.25. The van der Waals surface area contributed by atoms with Crippen LogP contribution in [0.4, 0.5) is 0 Å². The molecule has 0 bridgehead atoms. The van der Waals surface area contributed by atoms with Crippen molar-refractivity contribution in [1.29, 1.82) is 0 Å². The molecule has 5 nitrogen and oxygen atoms in total. The lowest BCUT2D eigenvalue weighted by molar-refractivity contribution is -0.109. The zero-order chi connectivity index (χ0) is 23.4. The van der Waals surface area contributed by atoms with Crippen molar-refractivity contribution in [3.05, 3.63) is 114 Å². The van der Waals surface area contributed by atoms with Crippen molar-refractivity contribution in [3.8, 4) is 5.75 Å². The second-order valence-corrected chi connectivity index (χ2v) is 8.22. The summed E-state index contributed by atoms with van der Waals surface area (Å²) in [5, 5.41) is 0. The molecule has 0 amide bonds. The van der Waals surface area contributed by atoms with Gasteiger partial charge >= 0.3 is 0 Å². The van der Waals surface area contributed by atoms with Crippen molar-refractivity contribution in [3.63, 3.8) is 0 Å². The Balaban J connectivity index is 1.28. The van der Waals surface area contributed by atoms with Crippen LogP contribution < -0.4 is 4.74 Å². The molecule has 5 heteroatoms. The van der Waals surface area contributed by atoms with E-state index in [-0.39, 0.29) is 18.3 Å². The van der Waals surface area contributed by atoms with Crippen LogP contribution in [0.15, 0.2) is 97.1 Å². The fraction of sp³-hybridized carbons (Fsp3) is 0.310.